The van der Waals surface area contributed by atoms with Crippen LogP contribution in [-0.2, 0) is 14.8 Å². The first kappa shape index (κ1) is 23.1. The van der Waals surface area contributed by atoms with Gasteiger partial charge in [0.1, 0.15) is 31.0 Å². The molecule has 4 aromatic rings. The number of anilines is 1. The summed E-state index contributed by atoms with van der Waals surface area (Å²) in [5.41, 5.74) is 2.39. The molecule has 1 N–H and O–H groups in total. The van der Waals surface area contributed by atoms with Gasteiger partial charge in [-0.05, 0) is 30.3 Å². The van der Waals surface area contributed by atoms with E-state index in [-0.39, 0.29) is 17.3 Å². The normalized spacial score (nSPS) is 14.7. The Morgan fingerprint density at radius 2 is 1.91 bits per heavy atom. The van der Waals surface area contributed by atoms with Crippen molar-refractivity contribution in [2.75, 3.05) is 17.9 Å². The SMILES string of the molecule is [B]c1ccc(S(=O)(=O)Nc2cncc(-c3ccc4ncnc(OC5CCOCC5)c4n3)c2)c(F)c1. The number of pyridine rings is 2. The van der Waals surface area contributed by atoms with Crippen LogP contribution >= 0.6 is 0 Å². The van der Waals surface area contributed by atoms with Crippen LogP contribution in [0.3, 0.4) is 0 Å². The van der Waals surface area contributed by atoms with Crippen molar-refractivity contribution in [1.29, 1.82) is 0 Å². The second-order valence-corrected chi connectivity index (χ2v) is 9.58. The first-order valence-electron chi connectivity index (χ1n) is 10.8. The van der Waals surface area contributed by atoms with E-state index in [4.69, 9.17) is 17.3 Å². The van der Waals surface area contributed by atoms with E-state index in [1.165, 1.54) is 18.6 Å². The van der Waals surface area contributed by atoms with Crippen LogP contribution in [0.4, 0.5) is 10.1 Å². The lowest BCUT2D eigenvalue weighted by Gasteiger charge is -2.22. The standard InChI is InChI=1S/C23H19BFN5O4S/c24-15-1-4-21(18(25)10-15)35(31,32)30-16-9-14(11-26-12-16)19-2-3-20-22(29-19)23(28-13-27-20)34-17-5-7-33-8-6-17/h1-4,9-13,17,30H,5-8H2. The molecule has 0 unspecified atom stereocenters. The van der Waals surface area contributed by atoms with Crippen LogP contribution in [0.25, 0.3) is 22.3 Å². The molecule has 35 heavy (non-hydrogen) atoms. The van der Waals surface area contributed by atoms with Crippen molar-refractivity contribution in [3.05, 3.63) is 60.9 Å². The highest BCUT2D eigenvalue weighted by Gasteiger charge is 2.21. The maximum Gasteiger partial charge on any atom is 0.264 e. The van der Waals surface area contributed by atoms with Gasteiger partial charge in [0.25, 0.3) is 10.0 Å². The molecule has 1 aromatic carbocycles. The molecule has 1 saturated heterocycles. The number of benzene rings is 1. The third-order valence-electron chi connectivity index (χ3n) is 5.43. The van der Waals surface area contributed by atoms with Crippen molar-refractivity contribution in [3.63, 3.8) is 0 Å². The average molecular weight is 491 g/mol. The Balaban J connectivity index is 1.45. The smallest absolute Gasteiger partial charge is 0.264 e. The number of fused-ring (bicyclic) bond motifs is 1. The Hall–Kier alpha value is -3.64. The van der Waals surface area contributed by atoms with E-state index in [0.29, 0.717) is 41.4 Å². The summed E-state index contributed by atoms with van der Waals surface area (Å²) in [5, 5.41) is 0. The molecule has 0 saturated carbocycles. The van der Waals surface area contributed by atoms with E-state index in [0.717, 1.165) is 25.0 Å². The lowest BCUT2D eigenvalue weighted by atomic mass is 9.97. The first-order valence-corrected chi connectivity index (χ1v) is 12.3. The highest BCUT2D eigenvalue weighted by molar-refractivity contribution is 7.92. The fourth-order valence-corrected chi connectivity index (χ4v) is 4.79. The molecule has 12 heteroatoms. The number of hydrogen-bond donors (Lipinski definition) is 1. The summed E-state index contributed by atoms with van der Waals surface area (Å²) in [6.07, 6.45) is 5.77. The van der Waals surface area contributed by atoms with Gasteiger partial charge in [0.15, 0.2) is 5.52 Å². The van der Waals surface area contributed by atoms with Crippen LogP contribution in [0.15, 0.2) is 60.0 Å². The third kappa shape index (κ3) is 5.08. The summed E-state index contributed by atoms with van der Waals surface area (Å²) < 4.78 is 53.4. The Kier molecular flexibility index (Phi) is 6.31. The maximum atomic E-state index is 14.2. The summed E-state index contributed by atoms with van der Waals surface area (Å²) in [6, 6.07) is 8.43. The minimum Gasteiger partial charge on any atom is -0.473 e. The van der Waals surface area contributed by atoms with Gasteiger partial charge in [-0.1, -0.05) is 11.5 Å². The number of hydrogen-bond acceptors (Lipinski definition) is 8. The molecule has 1 fully saturated rings. The van der Waals surface area contributed by atoms with Crippen LogP contribution in [0.5, 0.6) is 5.88 Å². The molecule has 9 nitrogen and oxygen atoms in total. The Morgan fingerprint density at radius 3 is 2.71 bits per heavy atom. The second-order valence-electron chi connectivity index (χ2n) is 7.93. The Labute approximate surface area is 202 Å². The van der Waals surface area contributed by atoms with Gasteiger partial charge in [0.05, 0.1) is 36.3 Å². The predicted octanol–water partition coefficient (Wildman–Crippen LogP) is 2.38. The minimum absolute atomic E-state index is 0.0274. The van der Waals surface area contributed by atoms with E-state index >= 15 is 0 Å². The van der Waals surface area contributed by atoms with Gasteiger partial charge < -0.3 is 9.47 Å². The molecule has 4 heterocycles. The largest absolute Gasteiger partial charge is 0.473 e. The number of halogens is 1. The molecule has 1 aliphatic heterocycles. The fourth-order valence-electron chi connectivity index (χ4n) is 3.70. The molecular weight excluding hydrogens is 472 g/mol. The highest BCUT2D eigenvalue weighted by atomic mass is 32.2. The van der Waals surface area contributed by atoms with E-state index in [9.17, 15) is 12.8 Å². The molecule has 0 atom stereocenters. The molecule has 176 valence electrons. The molecular formula is C23H19BFN5O4S. The zero-order valence-corrected chi connectivity index (χ0v) is 19.2. The third-order valence-corrected chi connectivity index (χ3v) is 6.84. The fraction of sp³-hybridized carbons (Fsp3) is 0.217. The average Bonchev–Trinajstić information content (AvgIpc) is 2.84. The van der Waals surface area contributed by atoms with Gasteiger partial charge in [-0.15, -0.1) is 0 Å². The maximum absolute atomic E-state index is 14.2. The van der Waals surface area contributed by atoms with Gasteiger partial charge in [0, 0.05) is 24.6 Å². The number of aromatic nitrogens is 4. The van der Waals surface area contributed by atoms with Gasteiger partial charge in [-0.25, -0.2) is 22.8 Å². The Morgan fingerprint density at radius 1 is 1.09 bits per heavy atom. The number of rotatable bonds is 6. The molecule has 0 aliphatic carbocycles. The quantitative estimate of drug-likeness (QED) is 0.409. The van der Waals surface area contributed by atoms with Gasteiger partial charge >= 0.3 is 0 Å². The van der Waals surface area contributed by atoms with Crippen molar-refractivity contribution in [3.8, 4) is 17.1 Å². The van der Waals surface area contributed by atoms with Crippen molar-refractivity contribution in [2.45, 2.75) is 23.8 Å². The zero-order chi connectivity index (χ0) is 24.4. The van der Waals surface area contributed by atoms with Crippen molar-refractivity contribution >= 4 is 40.1 Å². The van der Waals surface area contributed by atoms with E-state index in [2.05, 4.69) is 24.7 Å². The van der Waals surface area contributed by atoms with Gasteiger partial charge in [-0.2, -0.15) is 4.98 Å². The lowest BCUT2D eigenvalue weighted by Crippen LogP contribution is -2.26. The number of ether oxygens (including phenoxy) is 2. The molecule has 0 spiro atoms. The molecule has 1 aliphatic rings. The number of nitrogens with zero attached hydrogens (tertiary/aromatic N) is 4. The topological polar surface area (TPSA) is 116 Å². The molecule has 2 radical (unpaired) electrons. The first-order chi connectivity index (χ1) is 16.9. The summed E-state index contributed by atoms with van der Waals surface area (Å²) in [7, 11) is 1.31. The zero-order valence-electron chi connectivity index (χ0n) is 18.4. The van der Waals surface area contributed by atoms with E-state index in [1.54, 1.807) is 24.4 Å². The van der Waals surface area contributed by atoms with Crippen LogP contribution in [-0.4, -0.2) is 55.5 Å². The highest BCUT2D eigenvalue weighted by Crippen LogP contribution is 2.28. The predicted molar refractivity (Wildman–Crippen MR) is 128 cm³/mol. The van der Waals surface area contributed by atoms with Crippen LogP contribution < -0.4 is 14.9 Å². The summed E-state index contributed by atoms with van der Waals surface area (Å²) in [5.74, 6) is -0.581. The molecule has 0 bridgehead atoms. The minimum atomic E-state index is -4.21. The second kappa shape index (κ2) is 9.55. The van der Waals surface area contributed by atoms with E-state index in [1.807, 2.05) is 0 Å². The van der Waals surface area contributed by atoms with Crippen molar-refractivity contribution in [1.82, 2.24) is 19.9 Å². The lowest BCUT2D eigenvalue weighted by molar-refractivity contribution is 0.0243. The summed E-state index contributed by atoms with van der Waals surface area (Å²) in [6.45, 7) is 1.25. The van der Waals surface area contributed by atoms with Crippen LogP contribution in [0, 0.1) is 5.82 Å². The van der Waals surface area contributed by atoms with Crippen LogP contribution in [0.1, 0.15) is 12.8 Å². The molecule has 0 amide bonds. The van der Waals surface area contributed by atoms with Crippen molar-refractivity contribution in [2.24, 2.45) is 0 Å². The number of nitrogens with one attached hydrogen (secondary N) is 1. The monoisotopic (exact) mass is 491 g/mol. The molecule has 5 rings (SSSR count). The summed E-state index contributed by atoms with van der Waals surface area (Å²) in [4.78, 5) is 16.8. The Bertz CT molecular complexity index is 1500. The number of sulfonamides is 1. The van der Waals surface area contributed by atoms with Gasteiger partial charge in [0.2, 0.25) is 5.88 Å². The molecule has 3 aromatic heterocycles. The summed E-state index contributed by atoms with van der Waals surface area (Å²) >= 11 is 0. The van der Waals surface area contributed by atoms with Crippen LogP contribution in [0.2, 0.25) is 0 Å². The van der Waals surface area contributed by atoms with Crippen molar-refractivity contribution < 1.29 is 22.3 Å². The van der Waals surface area contributed by atoms with E-state index < -0.39 is 20.7 Å². The van der Waals surface area contributed by atoms with Gasteiger partial charge in [-0.3, -0.25) is 9.71 Å².